The van der Waals surface area contributed by atoms with Crippen LogP contribution in [-0.4, -0.2) is 11.6 Å². The molecule has 17 heavy (non-hydrogen) atoms. The molecule has 1 aromatic rings. The first kappa shape index (κ1) is 12.6. The summed E-state index contributed by atoms with van der Waals surface area (Å²) in [6, 6.07) is 5.79. The van der Waals surface area contributed by atoms with Gasteiger partial charge in [0.05, 0.1) is 5.56 Å². The van der Waals surface area contributed by atoms with Gasteiger partial charge in [-0.05, 0) is 63.3 Å². The molecule has 2 rings (SSSR count). The van der Waals surface area contributed by atoms with Crippen molar-refractivity contribution in [2.45, 2.75) is 45.1 Å². The van der Waals surface area contributed by atoms with Gasteiger partial charge in [-0.2, -0.15) is 0 Å². The molecule has 1 saturated carbocycles. The van der Waals surface area contributed by atoms with Crippen LogP contribution in [0.25, 0.3) is 0 Å². The molecule has 0 radical (unpaired) electrons. The molecule has 0 bridgehead atoms. The number of ether oxygens (including phenoxy) is 1. The van der Waals surface area contributed by atoms with E-state index in [2.05, 4.69) is 15.9 Å². The SMILES string of the molecule is CC(C)(C)OC(=O)c1ccc(Br)cc1C1CC1. The lowest BCUT2D eigenvalue weighted by atomic mass is 10.0. The van der Waals surface area contributed by atoms with E-state index in [1.54, 1.807) is 0 Å². The Hall–Kier alpha value is -0.830. The molecule has 0 N–H and O–H groups in total. The molecule has 2 nitrogen and oxygen atoms in total. The zero-order valence-electron chi connectivity index (χ0n) is 10.4. The van der Waals surface area contributed by atoms with E-state index in [0.717, 1.165) is 10.0 Å². The summed E-state index contributed by atoms with van der Waals surface area (Å²) in [5.74, 6) is 0.321. The van der Waals surface area contributed by atoms with Crippen LogP contribution in [0.2, 0.25) is 0 Å². The van der Waals surface area contributed by atoms with Crippen molar-refractivity contribution in [2.75, 3.05) is 0 Å². The van der Waals surface area contributed by atoms with Gasteiger partial charge in [0.15, 0.2) is 0 Å². The monoisotopic (exact) mass is 296 g/mol. The predicted molar refractivity (Wildman–Crippen MR) is 71.3 cm³/mol. The molecule has 0 amide bonds. The minimum atomic E-state index is -0.440. The van der Waals surface area contributed by atoms with E-state index in [9.17, 15) is 4.79 Å². The molecule has 0 saturated heterocycles. The summed E-state index contributed by atoms with van der Waals surface area (Å²) in [5.41, 5.74) is 1.39. The van der Waals surface area contributed by atoms with Crippen LogP contribution in [0.1, 0.15) is 55.5 Å². The molecule has 1 aliphatic rings. The number of esters is 1. The van der Waals surface area contributed by atoms with Crippen molar-refractivity contribution in [3.05, 3.63) is 33.8 Å². The average Bonchev–Trinajstić information content (AvgIpc) is 2.97. The van der Waals surface area contributed by atoms with Gasteiger partial charge >= 0.3 is 5.97 Å². The van der Waals surface area contributed by atoms with Gasteiger partial charge in [0.1, 0.15) is 5.60 Å². The van der Waals surface area contributed by atoms with Crippen LogP contribution in [-0.2, 0) is 4.74 Å². The lowest BCUT2D eigenvalue weighted by Gasteiger charge is -2.20. The van der Waals surface area contributed by atoms with Crippen molar-refractivity contribution in [3.63, 3.8) is 0 Å². The lowest BCUT2D eigenvalue weighted by molar-refractivity contribution is 0.00683. The summed E-state index contributed by atoms with van der Waals surface area (Å²) < 4.78 is 6.45. The van der Waals surface area contributed by atoms with E-state index in [-0.39, 0.29) is 5.97 Å². The highest BCUT2D eigenvalue weighted by Crippen LogP contribution is 2.42. The van der Waals surface area contributed by atoms with Gasteiger partial charge in [-0.1, -0.05) is 15.9 Å². The fraction of sp³-hybridized carbons (Fsp3) is 0.500. The van der Waals surface area contributed by atoms with Crippen molar-refractivity contribution in [3.8, 4) is 0 Å². The largest absolute Gasteiger partial charge is 0.456 e. The van der Waals surface area contributed by atoms with E-state index in [1.807, 2.05) is 39.0 Å². The first-order chi connectivity index (χ1) is 7.87. The third-order valence-electron chi connectivity index (χ3n) is 2.65. The van der Waals surface area contributed by atoms with Crippen LogP contribution in [0, 0.1) is 0 Å². The van der Waals surface area contributed by atoms with E-state index in [0.29, 0.717) is 11.5 Å². The fourth-order valence-corrected chi connectivity index (χ4v) is 2.16. The lowest BCUT2D eigenvalue weighted by Crippen LogP contribution is -2.24. The minimum absolute atomic E-state index is 0.216. The standard InChI is InChI=1S/C14H17BrO2/c1-14(2,3)17-13(16)11-7-6-10(15)8-12(11)9-4-5-9/h6-9H,4-5H2,1-3H3. The summed E-state index contributed by atoms with van der Waals surface area (Å²) in [7, 11) is 0. The molecule has 92 valence electrons. The fourth-order valence-electron chi connectivity index (χ4n) is 1.78. The molecule has 1 aliphatic carbocycles. The third-order valence-corrected chi connectivity index (χ3v) is 3.14. The van der Waals surface area contributed by atoms with Gasteiger partial charge in [0.25, 0.3) is 0 Å². The maximum atomic E-state index is 12.1. The van der Waals surface area contributed by atoms with Crippen molar-refractivity contribution >= 4 is 21.9 Å². The summed E-state index contributed by atoms with van der Waals surface area (Å²) in [6.07, 6.45) is 2.35. The van der Waals surface area contributed by atoms with Crippen LogP contribution >= 0.6 is 15.9 Å². The summed E-state index contributed by atoms with van der Waals surface area (Å²) >= 11 is 3.45. The van der Waals surface area contributed by atoms with E-state index in [4.69, 9.17) is 4.74 Å². The second-order valence-electron chi connectivity index (χ2n) is 5.51. The smallest absolute Gasteiger partial charge is 0.338 e. The van der Waals surface area contributed by atoms with Gasteiger partial charge in [-0.15, -0.1) is 0 Å². The maximum Gasteiger partial charge on any atom is 0.338 e. The Bertz CT molecular complexity index is 442. The van der Waals surface area contributed by atoms with Gasteiger partial charge in [0, 0.05) is 4.47 Å². The highest BCUT2D eigenvalue weighted by Gasteiger charge is 2.29. The predicted octanol–water partition coefficient (Wildman–Crippen LogP) is 4.28. The van der Waals surface area contributed by atoms with E-state index in [1.165, 1.54) is 12.8 Å². The second kappa shape index (κ2) is 4.45. The van der Waals surface area contributed by atoms with Crippen LogP contribution in [0.15, 0.2) is 22.7 Å². The van der Waals surface area contributed by atoms with Crippen LogP contribution in [0.5, 0.6) is 0 Å². The molecule has 0 heterocycles. The third kappa shape index (κ3) is 3.32. The van der Waals surface area contributed by atoms with Crippen LogP contribution < -0.4 is 0 Å². The Labute approximate surface area is 110 Å². The quantitative estimate of drug-likeness (QED) is 0.761. The van der Waals surface area contributed by atoms with Crippen molar-refractivity contribution in [2.24, 2.45) is 0 Å². The molecule has 3 heteroatoms. The molecule has 0 aromatic heterocycles. The number of rotatable bonds is 2. The number of hydrogen-bond acceptors (Lipinski definition) is 2. The Kier molecular flexibility index (Phi) is 3.30. The molecule has 0 unspecified atom stereocenters. The first-order valence-corrected chi connectivity index (χ1v) is 6.69. The Balaban J connectivity index is 2.28. The van der Waals surface area contributed by atoms with Crippen LogP contribution in [0.4, 0.5) is 0 Å². The Morgan fingerprint density at radius 1 is 1.35 bits per heavy atom. The first-order valence-electron chi connectivity index (χ1n) is 5.89. The van der Waals surface area contributed by atoms with Crippen LogP contribution in [0.3, 0.4) is 0 Å². The van der Waals surface area contributed by atoms with Crippen molar-refractivity contribution in [1.82, 2.24) is 0 Å². The number of carbonyl (C=O) groups excluding carboxylic acids is 1. The highest BCUT2D eigenvalue weighted by molar-refractivity contribution is 9.10. The van der Waals surface area contributed by atoms with Crippen molar-refractivity contribution in [1.29, 1.82) is 0 Å². The molecule has 0 spiro atoms. The number of benzene rings is 1. The minimum Gasteiger partial charge on any atom is -0.456 e. The second-order valence-corrected chi connectivity index (χ2v) is 6.42. The molecule has 1 aromatic carbocycles. The number of hydrogen-bond donors (Lipinski definition) is 0. The molecular formula is C14H17BrO2. The zero-order chi connectivity index (χ0) is 12.6. The highest BCUT2D eigenvalue weighted by atomic mass is 79.9. The van der Waals surface area contributed by atoms with Gasteiger partial charge in [0.2, 0.25) is 0 Å². The van der Waals surface area contributed by atoms with Gasteiger partial charge in [-0.3, -0.25) is 0 Å². The molecule has 1 fully saturated rings. The molecule has 0 atom stereocenters. The van der Waals surface area contributed by atoms with Crippen molar-refractivity contribution < 1.29 is 9.53 Å². The van der Waals surface area contributed by atoms with Gasteiger partial charge in [-0.25, -0.2) is 4.79 Å². The zero-order valence-corrected chi connectivity index (χ0v) is 12.0. The molecule has 0 aliphatic heterocycles. The molecular weight excluding hydrogens is 280 g/mol. The van der Waals surface area contributed by atoms with Gasteiger partial charge < -0.3 is 4.74 Å². The number of carbonyl (C=O) groups is 1. The Morgan fingerprint density at radius 2 is 2.00 bits per heavy atom. The summed E-state index contributed by atoms with van der Waals surface area (Å²) in [6.45, 7) is 5.67. The Morgan fingerprint density at radius 3 is 2.53 bits per heavy atom. The van der Waals surface area contributed by atoms with E-state index < -0.39 is 5.60 Å². The maximum absolute atomic E-state index is 12.1. The normalized spacial score (nSPS) is 15.8. The summed E-state index contributed by atoms with van der Waals surface area (Å²) in [5, 5.41) is 0. The average molecular weight is 297 g/mol. The van der Waals surface area contributed by atoms with E-state index >= 15 is 0 Å². The summed E-state index contributed by atoms with van der Waals surface area (Å²) in [4.78, 5) is 12.1. The topological polar surface area (TPSA) is 26.3 Å². The number of halogens is 1.